The van der Waals surface area contributed by atoms with Gasteiger partial charge in [-0.3, -0.25) is 9.80 Å². The lowest BCUT2D eigenvalue weighted by Crippen LogP contribution is -2.55. The second-order valence-corrected chi connectivity index (χ2v) is 11.7. The molecule has 4 rings (SSSR count). The Bertz CT molecular complexity index is 1010. The Hall–Kier alpha value is -2.78. The van der Waals surface area contributed by atoms with E-state index in [4.69, 9.17) is 9.47 Å². The van der Waals surface area contributed by atoms with Crippen LogP contribution in [0.15, 0.2) is 48.5 Å². The lowest BCUT2D eigenvalue weighted by atomic mass is 9.90. The smallest absolute Gasteiger partial charge is 0.418 e. The first-order valence-corrected chi connectivity index (χ1v) is 14.6. The summed E-state index contributed by atoms with van der Waals surface area (Å²) in [5, 5.41) is 6.33. The number of rotatable bonds is 10. The van der Waals surface area contributed by atoms with Gasteiger partial charge in [0.15, 0.2) is 0 Å². The molecular weight excluding hydrogens is 504 g/mol. The van der Waals surface area contributed by atoms with Gasteiger partial charge in [-0.25, -0.2) is 9.59 Å². The van der Waals surface area contributed by atoms with Crippen LogP contribution in [0, 0.1) is 13.8 Å². The van der Waals surface area contributed by atoms with Crippen molar-refractivity contribution >= 4 is 11.9 Å². The van der Waals surface area contributed by atoms with Crippen molar-refractivity contribution < 1.29 is 19.1 Å². The molecule has 2 aromatic carbocycles. The first-order valence-electron chi connectivity index (χ1n) is 14.6. The second-order valence-electron chi connectivity index (χ2n) is 11.7. The van der Waals surface area contributed by atoms with Crippen LogP contribution in [-0.4, -0.2) is 86.3 Å². The monoisotopic (exact) mass is 550 g/mol. The highest BCUT2D eigenvalue weighted by molar-refractivity contribution is 6.29. The maximum Gasteiger partial charge on any atom is 0.418 e. The van der Waals surface area contributed by atoms with Crippen molar-refractivity contribution in [2.45, 2.75) is 63.8 Å². The fourth-order valence-electron chi connectivity index (χ4n) is 5.89. The van der Waals surface area contributed by atoms with Crippen LogP contribution in [0.4, 0.5) is 0 Å². The number of ether oxygens (including phenoxy) is 2. The Balaban J connectivity index is 1.31. The SMILES string of the molecule is CNCC1(OC(=O)C(=O)OC2(CNC)CCN(Cc3ccc(C)cc3)CC2)CCN(Cc2ccc(C)cc2)CC1. The lowest BCUT2D eigenvalue weighted by molar-refractivity contribution is -0.191. The molecule has 2 aliphatic heterocycles. The number of carbonyl (C=O) groups is 2. The topological polar surface area (TPSA) is 83.1 Å². The molecule has 0 saturated carbocycles. The van der Waals surface area contributed by atoms with Crippen LogP contribution < -0.4 is 10.6 Å². The van der Waals surface area contributed by atoms with E-state index in [0.29, 0.717) is 38.8 Å². The van der Waals surface area contributed by atoms with Crippen LogP contribution in [0.3, 0.4) is 0 Å². The molecule has 8 heteroatoms. The molecule has 2 saturated heterocycles. The summed E-state index contributed by atoms with van der Waals surface area (Å²) in [6, 6.07) is 17.2. The van der Waals surface area contributed by atoms with Crippen LogP contribution in [0.25, 0.3) is 0 Å². The van der Waals surface area contributed by atoms with E-state index in [2.05, 4.69) is 82.8 Å². The van der Waals surface area contributed by atoms with Gasteiger partial charge < -0.3 is 20.1 Å². The zero-order valence-corrected chi connectivity index (χ0v) is 24.6. The van der Waals surface area contributed by atoms with Gasteiger partial charge in [0.2, 0.25) is 0 Å². The molecule has 2 heterocycles. The van der Waals surface area contributed by atoms with Gasteiger partial charge in [0.1, 0.15) is 11.2 Å². The van der Waals surface area contributed by atoms with Gasteiger partial charge in [-0.15, -0.1) is 0 Å². The van der Waals surface area contributed by atoms with Crippen LogP contribution in [0.2, 0.25) is 0 Å². The van der Waals surface area contributed by atoms with Crippen LogP contribution in [0.1, 0.15) is 47.9 Å². The average molecular weight is 551 g/mol. The summed E-state index contributed by atoms with van der Waals surface area (Å²) in [6.07, 6.45) is 2.64. The Morgan fingerprint density at radius 1 is 0.650 bits per heavy atom. The van der Waals surface area contributed by atoms with Gasteiger partial charge in [-0.2, -0.15) is 0 Å². The summed E-state index contributed by atoms with van der Waals surface area (Å²) in [5.74, 6) is -1.78. The third kappa shape index (κ3) is 8.13. The highest BCUT2D eigenvalue weighted by Gasteiger charge is 2.43. The van der Waals surface area contributed by atoms with Gasteiger partial charge in [0.25, 0.3) is 0 Å². The predicted molar refractivity (Wildman–Crippen MR) is 157 cm³/mol. The quantitative estimate of drug-likeness (QED) is 0.345. The van der Waals surface area contributed by atoms with Crippen molar-refractivity contribution in [3.05, 3.63) is 70.8 Å². The highest BCUT2D eigenvalue weighted by atomic mass is 16.6. The third-order valence-corrected chi connectivity index (χ3v) is 8.37. The van der Waals surface area contributed by atoms with Crippen molar-refractivity contribution in [2.75, 3.05) is 53.4 Å². The molecule has 0 amide bonds. The number of piperidine rings is 2. The molecule has 2 aliphatic rings. The van der Waals surface area contributed by atoms with Crippen LogP contribution in [0.5, 0.6) is 0 Å². The van der Waals surface area contributed by atoms with Crippen molar-refractivity contribution in [2.24, 2.45) is 0 Å². The summed E-state index contributed by atoms with van der Waals surface area (Å²) >= 11 is 0. The van der Waals surface area contributed by atoms with Gasteiger partial charge in [-0.1, -0.05) is 59.7 Å². The minimum absolute atomic E-state index is 0.500. The average Bonchev–Trinajstić information content (AvgIpc) is 2.94. The third-order valence-electron chi connectivity index (χ3n) is 8.37. The number of nitrogens with one attached hydrogen (secondary N) is 2. The first-order chi connectivity index (χ1) is 19.2. The van der Waals surface area contributed by atoms with Crippen molar-refractivity contribution in [1.29, 1.82) is 0 Å². The largest absolute Gasteiger partial charge is 0.449 e. The van der Waals surface area contributed by atoms with E-state index in [9.17, 15) is 9.59 Å². The molecular formula is C32H46N4O4. The van der Waals surface area contributed by atoms with Gasteiger partial charge in [0.05, 0.1) is 0 Å². The number of aryl methyl sites for hydroxylation is 2. The highest BCUT2D eigenvalue weighted by Crippen LogP contribution is 2.30. The maximum absolute atomic E-state index is 13.1. The van der Waals surface area contributed by atoms with Crippen molar-refractivity contribution in [3.63, 3.8) is 0 Å². The summed E-state index contributed by atoms with van der Waals surface area (Å²) in [5.41, 5.74) is 3.60. The Kier molecular flexibility index (Phi) is 10.4. The number of hydrogen-bond acceptors (Lipinski definition) is 8. The zero-order valence-electron chi connectivity index (χ0n) is 24.6. The minimum atomic E-state index is -0.889. The Morgan fingerprint density at radius 3 is 1.27 bits per heavy atom. The lowest BCUT2D eigenvalue weighted by Gasteiger charge is -2.42. The van der Waals surface area contributed by atoms with E-state index in [1.54, 1.807) is 0 Å². The molecule has 2 aromatic rings. The zero-order chi connectivity index (χ0) is 28.6. The maximum atomic E-state index is 13.1. The summed E-state index contributed by atoms with van der Waals surface area (Å²) < 4.78 is 11.9. The fraction of sp³-hybridized carbons (Fsp3) is 0.562. The first kappa shape index (κ1) is 30.2. The summed E-state index contributed by atoms with van der Waals surface area (Å²) in [7, 11) is 3.69. The number of benzene rings is 2. The molecule has 8 nitrogen and oxygen atoms in total. The molecule has 0 bridgehead atoms. The molecule has 0 aromatic heterocycles. The second kappa shape index (κ2) is 13.7. The molecule has 2 fully saturated rings. The standard InChI is InChI=1S/C32H46N4O4/c1-25-5-9-27(10-6-25)21-35-17-13-31(14-18-35,23-33-3)39-29(37)30(38)40-32(24-34-4)15-19-36(20-16-32)22-28-11-7-26(2)8-12-28/h5-12,33-34H,13-24H2,1-4H3. The molecule has 40 heavy (non-hydrogen) atoms. The molecule has 0 radical (unpaired) electrons. The van der Waals surface area contributed by atoms with Gasteiger partial charge in [-0.05, 0) is 39.1 Å². The van der Waals surface area contributed by atoms with E-state index in [1.807, 2.05) is 14.1 Å². The van der Waals surface area contributed by atoms with E-state index in [1.165, 1.54) is 22.3 Å². The Labute approximate surface area is 239 Å². The molecule has 2 N–H and O–H groups in total. The number of nitrogens with zero attached hydrogens (tertiary/aromatic N) is 2. The Morgan fingerprint density at radius 2 is 0.975 bits per heavy atom. The number of carbonyl (C=O) groups excluding carboxylic acids is 2. The van der Waals surface area contributed by atoms with Crippen molar-refractivity contribution in [3.8, 4) is 0 Å². The van der Waals surface area contributed by atoms with Gasteiger partial charge in [0, 0.05) is 78.0 Å². The molecule has 0 spiro atoms. The fourth-order valence-corrected chi connectivity index (χ4v) is 5.89. The number of likely N-dealkylation sites (N-methyl/N-ethyl adjacent to an activating group) is 2. The molecule has 0 aliphatic carbocycles. The molecule has 218 valence electrons. The molecule has 0 atom stereocenters. The summed E-state index contributed by atoms with van der Waals surface area (Å²) in [4.78, 5) is 30.9. The van der Waals surface area contributed by atoms with E-state index in [0.717, 1.165) is 39.3 Å². The van der Waals surface area contributed by atoms with E-state index >= 15 is 0 Å². The van der Waals surface area contributed by atoms with Crippen LogP contribution >= 0.6 is 0 Å². The number of hydrogen-bond donors (Lipinski definition) is 2. The number of esters is 2. The van der Waals surface area contributed by atoms with E-state index < -0.39 is 23.1 Å². The molecule has 0 unspecified atom stereocenters. The van der Waals surface area contributed by atoms with Crippen LogP contribution in [-0.2, 0) is 32.2 Å². The minimum Gasteiger partial charge on any atom is -0.449 e. The number of likely N-dealkylation sites (tertiary alicyclic amines) is 2. The normalized spacial score (nSPS) is 19.2. The van der Waals surface area contributed by atoms with Crippen molar-refractivity contribution in [1.82, 2.24) is 20.4 Å². The summed E-state index contributed by atoms with van der Waals surface area (Å²) in [6.45, 7) is 10.1. The van der Waals surface area contributed by atoms with Gasteiger partial charge >= 0.3 is 11.9 Å². The van der Waals surface area contributed by atoms with E-state index in [-0.39, 0.29) is 0 Å². The predicted octanol–water partition coefficient (Wildman–Crippen LogP) is 3.20.